The summed E-state index contributed by atoms with van der Waals surface area (Å²) in [5.74, 6) is 1.23. The minimum Gasteiger partial charge on any atom is -0.398 e. The third-order valence-corrected chi connectivity index (χ3v) is 4.18. The van der Waals surface area contributed by atoms with Gasteiger partial charge >= 0.3 is 0 Å². The molecule has 1 aliphatic rings. The highest BCUT2D eigenvalue weighted by molar-refractivity contribution is 9.10. The lowest BCUT2D eigenvalue weighted by molar-refractivity contribution is -0.118. The number of amides is 1. The van der Waals surface area contributed by atoms with Crippen molar-refractivity contribution in [1.82, 2.24) is 5.32 Å². The van der Waals surface area contributed by atoms with Gasteiger partial charge in [-0.25, -0.2) is 0 Å². The molecule has 1 aromatic rings. The van der Waals surface area contributed by atoms with Crippen LogP contribution in [0.3, 0.4) is 0 Å². The fourth-order valence-electron chi connectivity index (χ4n) is 1.41. The molecule has 2 rings (SSSR count). The number of hydrogen-bond acceptors (Lipinski definition) is 3. The Balaban J connectivity index is 1.79. The molecule has 0 radical (unpaired) electrons. The molecule has 17 heavy (non-hydrogen) atoms. The van der Waals surface area contributed by atoms with Gasteiger partial charge in [0.15, 0.2) is 0 Å². The van der Waals surface area contributed by atoms with E-state index in [2.05, 4.69) is 21.2 Å². The van der Waals surface area contributed by atoms with Crippen LogP contribution in [0.2, 0.25) is 0 Å². The minimum absolute atomic E-state index is 0.0845. The van der Waals surface area contributed by atoms with Gasteiger partial charge in [-0.1, -0.05) is 15.9 Å². The molecule has 1 fully saturated rings. The first-order valence-corrected chi connectivity index (χ1v) is 7.37. The maximum absolute atomic E-state index is 11.6. The van der Waals surface area contributed by atoms with Crippen LogP contribution in [0.4, 0.5) is 5.69 Å². The van der Waals surface area contributed by atoms with Crippen molar-refractivity contribution >= 4 is 39.3 Å². The number of thioether (sulfide) groups is 1. The number of rotatable bonds is 5. The first-order valence-electron chi connectivity index (χ1n) is 5.59. The van der Waals surface area contributed by atoms with Crippen LogP contribution in [-0.4, -0.2) is 18.2 Å². The van der Waals surface area contributed by atoms with E-state index in [4.69, 9.17) is 5.73 Å². The van der Waals surface area contributed by atoms with Gasteiger partial charge in [-0.05, 0) is 37.0 Å². The zero-order valence-electron chi connectivity index (χ0n) is 9.41. The maximum Gasteiger partial charge on any atom is 0.230 e. The quantitative estimate of drug-likeness (QED) is 0.649. The number of carbonyl (C=O) groups excluding carboxylic acids is 1. The fraction of sp³-hybridized carbons (Fsp3) is 0.417. The van der Waals surface area contributed by atoms with E-state index in [1.165, 1.54) is 24.6 Å². The van der Waals surface area contributed by atoms with Crippen molar-refractivity contribution in [3.63, 3.8) is 0 Å². The van der Waals surface area contributed by atoms with Gasteiger partial charge in [-0.2, -0.15) is 0 Å². The van der Waals surface area contributed by atoms with Gasteiger partial charge in [-0.15, -0.1) is 11.8 Å². The lowest BCUT2D eigenvalue weighted by Gasteiger charge is -2.06. The molecule has 1 saturated carbocycles. The summed E-state index contributed by atoms with van der Waals surface area (Å²) in [7, 11) is 0. The number of hydrogen-bond donors (Lipinski definition) is 2. The Morgan fingerprint density at radius 3 is 3.00 bits per heavy atom. The molecule has 1 aliphatic carbocycles. The number of anilines is 1. The first kappa shape index (κ1) is 12.8. The van der Waals surface area contributed by atoms with E-state index in [1.54, 1.807) is 0 Å². The molecular weight excluding hydrogens is 300 g/mol. The molecule has 3 N–H and O–H groups in total. The van der Waals surface area contributed by atoms with Crippen LogP contribution in [0.15, 0.2) is 27.6 Å². The van der Waals surface area contributed by atoms with E-state index >= 15 is 0 Å². The van der Waals surface area contributed by atoms with Gasteiger partial charge < -0.3 is 11.1 Å². The molecule has 0 atom stereocenters. The summed E-state index contributed by atoms with van der Waals surface area (Å²) in [5, 5.41) is 2.94. The molecule has 0 spiro atoms. The van der Waals surface area contributed by atoms with Gasteiger partial charge in [-0.3, -0.25) is 4.79 Å². The third kappa shape index (κ3) is 4.24. The van der Waals surface area contributed by atoms with Crippen LogP contribution in [0.1, 0.15) is 12.8 Å². The Kier molecular flexibility index (Phi) is 4.34. The van der Waals surface area contributed by atoms with Crippen molar-refractivity contribution in [2.24, 2.45) is 5.92 Å². The summed E-state index contributed by atoms with van der Waals surface area (Å²) in [6, 6.07) is 5.68. The zero-order chi connectivity index (χ0) is 12.3. The molecule has 92 valence electrons. The second-order valence-electron chi connectivity index (χ2n) is 4.22. The Morgan fingerprint density at radius 2 is 2.29 bits per heavy atom. The van der Waals surface area contributed by atoms with Crippen LogP contribution in [-0.2, 0) is 4.79 Å². The van der Waals surface area contributed by atoms with Gasteiger partial charge in [0, 0.05) is 21.6 Å². The van der Waals surface area contributed by atoms with E-state index in [0.29, 0.717) is 11.4 Å². The Bertz CT molecular complexity index is 421. The second-order valence-corrected chi connectivity index (χ2v) is 6.15. The molecule has 5 heteroatoms. The number of carbonyl (C=O) groups is 1. The van der Waals surface area contributed by atoms with Crippen LogP contribution in [0.25, 0.3) is 0 Å². The Hall–Kier alpha value is -0.680. The highest BCUT2D eigenvalue weighted by Gasteiger charge is 2.21. The number of nitrogen functional groups attached to an aromatic ring is 1. The predicted octanol–water partition coefficient (Wildman–Crippen LogP) is 2.65. The molecule has 3 nitrogen and oxygen atoms in total. The highest BCUT2D eigenvalue weighted by Crippen LogP contribution is 2.29. The summed E-state index contributed by atoms with van der Waals surface area (Å²) in [6.07, 6.45) is 2.51. The highest BCUT2D eigenvalue weighted by atomic mass is 79.9. The van der Waals surface area contributed by atoms with Gasteiger partial charge in [0.2, 0.25) is 5.91 Å². The summed E-state index contributed by atoms with van der Waals surface area (Å²) in [4.78, 5) is 12.5. The van der Waals surface area contributed by atoms with E-state index in [-0.39, 0.29) is 5.91 Å². The largest absolute Gasteiger partial charge is 0.398 e. The van der Waals surface area contributed by atoms with E-state index < -0.39 is 0 Å². The van der Waals surface area contributed by atoms with Gasteiger partial charge in [0.25, 0.3) is 0 Å². The monoisotopic (exact) mass is 314 g/mol. The molecule has 0 heterocycles. The molecular formula is C12H15BrN2OS. The summed E-state index contributed by atoms with van der Waals surface area (Å²) >= 11 is 4.87. The average molecular weight is 315 g/mol. The predicted molar refractivity (Wildman–Crippen MR) is 75.0 cm³/mol. The van der Waals surface area contributed by atoms with Crippen molar-refractivity contribution in [2.75, 3.05) is 18.0 Å². The minimum atomic E-state index is 0.0845. The molecule has 1 amide bonds. The summed E-state index contributed by atoms with van der Waals surface area (Å²) in [5.41, 5.74) is 6.55. The molecule has 0 saturated heterocycles. The van der Waals surface area contributed by atoms with Gasteiger partial charge in [0.1, 0.15) is 0 Å². The standard InChI is InChI=1S/C12H15BrN2OS/c13-9-3-4-10(14)11(5-9)17-7-12(16)15-6-8-1-2-8/h3-5,8H,1-2,6-7,14H2,(H,15,16). The number of benzene rings is 1. The van der Waals surface area contributed by atoms with E-state index in [1.807, 2.05) is 18.2 Å². The van der Waals surface area contributed by atoms with Crippen molar-refractivity contribution < 1.29 is 4.79 Å². The summed E-state index contributed by atoms with van der Waals surface area (Å²) < 4.78 is 0.979. The van der Waals surface area contributed by atoms with Crippen molar-refractivity contribution in [1.29, 1.82) is 0 Å². The zero-order valence-corrected chi connectivity index (χ0v) is 11.8. The average Bonchev–Trinajstić information content (AvgIpc) is 3.11. The van der Waals surface area contributed by atoms with E-state index in [9.17, 15) is 4.79 Å². The van der Waals surface area contributed by atoms with Crippen molar-refractivity contribution in [3.05, 3.63) is 22.7 Å². The molecule has 0 aliphatic heterocycles. The SMILES string of the molecule is Nc1ccc(Br)cc1SCC(=O)NCC1CC1. The van der Waals surface area contributed by atoms with Crippen molar-refractivity contribution in [3.8, 4) is 0 Å². The van der Waals surface area contributed by atoms with Crippen LogP contribution < -0.4 is 11.1 Å². The molecule has 0 bridgehead atoms. The normalized spacial score (nSPS) is 14.6. The molecule has 0 aromatic heterocycles. The second kappa shape index (κ2) is 5.78. The molecule has 1 aromatic carbocycles. The lowest BCUT2D eigenvalue weighted by atomic mass is 10.3. The Morgan fingerprint density at radius 1 is 1.53 bits per heavy atom. The van der Waals surface area contributed by atoms with E-state index in [0.717, 1.165) is 21.8 Å². The molecule has 0 unspecified atom stereocenters. The summed E-state index contributed by atoms with van der Waals surface area (Å²) in [6.45, 7) is 0.827. The number of halogens is 1. The van der Waals surface area contributed by atoms with Crippen LogP contribution >= 0.6 is 27.7 Å². The topological polar surface area (TPSA) is 55.1 Å². The number of nitrogens with two attached hydrogens (primary N) is 1. The smallest absolute Gasteiger partial charge is 0.230 e. The maximum atomic E-state index is 11.6. The first-order chi connectivity index (χ1) is 8.15. The van der Waals surface area contributed by atoms with Gasteiger partial charge in [0.05, 0.1) is 5.75 Å². The van der Waals surface area contributed by atoms with Crippen LogP contribution in [0, 0.1) is 5.92 Å². The lowest BCUT2D eigenvalue weighted by Crippen LogP contribution is -2.27. The third-order valence-electron chi connectivity index (χ3n) is 2.62. The van der Waals surface area contributed by atoms with Crippen LogP contribution in [0.5, 0.6) is 0 Å². The van der Waals surface area contributed by atoms with Crippen molar-refractivity contribution in [2.45, 2.75) is 17.7 Å². The Labute approximate surface area is 114 Å². The number of nitrogens with one attached hydrogen (secondary N) is 1. The fourth-order valence-corrected chi connectivity index (χ4v) is 2.75.